The molecule has 1 fully saturated rings. The van der Waals surface area contributed by atoms with Crippen LogP contribution in [0.2, 0.25) is 0 Å². The molecule has 2 aromatic rings. The Hall–Kier alpha value is -2.52. The molecule has 1 saturated heterocycles. The summed E-state index contributed by atoms with van der Waals surface area (Å²) < 4.78 is 36.1. The number of aliphatic hydroxyl groups excluding tert-OH is 1. The molecule has 4 rings (SSSR count). The van der Waals surface area contributed by atoms with E-state index in [4.69, 9.17) is 4.74 Å². The van der Waals surface area contributed by atoms with Crippen LogP contribution in [0, 0.1) is 13.8 Å². The Kier molecular flexibility index (Phi) is 5.27. The van der Waals surface area contributed by atoms with Gasteiger partial charge in [0, 0.05) is 24.2 Å². The topological polar surface area (TPSA) is 99.4 Å². The monoisotopic (exact) mass is 428 g/mol. The number of aryl methyl sites for hydroxylation is 2. The molecule has 8 heteroatoms. The number of hydrogen-bond donors (Lipinski definition) is 2. The standard InChI is InChI=1S/C22H24N2O5S/c1-15-7-8-20(16(2)13-15)30(27,28)23-19-14-21-22(26,18-6-4-3-5-17(18)19)29-12-10-24(21)9-11-25/h3-8,13-14,25-26H,9-12H2,1-2H3/b23-19+. The molecule has 1 atom stereocenters. The molecule has 0 aromatic heterocycles. The van der Waals surface area contributed by atoms with Gasteiger partial charge in [-0.15, -0.1) is 0 Å². The molecule has 158 valence electrons. The van der Waals surface area contributed by atoms with Crippen LogP contribution >= 0.6 is 0 Å². The van der Waals surface area contributed by atoms with Gasteiger partial charge >= 0.3 is 0 Å². The first-order chi connectivity index (χ1) is 14.3. The number of hydrogen-bond acceptors (Lipinski definition) is 6. The SMILES string of the molecule is Cc1ccc(S(=O)(=O)/N=C2\C=C3N(CCO)CCOC3(O)c3ccccc32)c(C)c1. The third-order valence-corrected chi connectivity index (χ3v) is 6.85. The molecule has 0 bridgehead atoms. The highest BCUT2D eigenvalue weighted by Gasteiger charge is 2.46. The lowest BCUT2D eigenvalue weighted by Gasteiger charge is -2.45. The number of fused-ring (bicyclic) bond motifs is 3. The maximum Gasteiger partial charge on any atom is 0.283 e. The van der Waals surface area contributed by atoms with Crippen molar-refractivity contribution in [2.24, 2.45) is 4.40 Å². The average molecular weight is 429 g/mol. The first-order valence-corrected chi connectivity index (χ1v) is 11.2. The summed E-state index contributed by atoms with van der Waals surface area (Å²) in [6.07, 6.45) is 1.54. The molecule has 1 aliphatic carbocycles. The van der Waals surface area contributed by atoms with Crippen molar-refractivity contribution in [1.29, 1.82) is 0 Å². The fraction of sp³-hybridized carbons (Fsp3) is 0.318. The molecular formula is C22H24N2O5S. The van der Waals surface area contributed by atoms with Gasteiger partial charge in [0.15, 0.2) is 0 Å². The highest BCUT2D eigenvalue weighted by atomic mass is 32.2. The van der Waals surface area contributed by atoms with Gasteiger partial charge in [0.1, 0.15) is 0 Å². The van der Waals surface area contributed by atoms with Crippen molar-refractivity contribution in [2.45, 2.75) is 24.5 Å². The van der Waals surface area contributed by atoms with Gasteiger partial charge in [-0.25, -0.2) is 0 Å². The summed E-state index contributed by atoms with van der Waals surface area (Å²) >= 11 is 0. The zero-order valence-corrected chi connectivity index (χ0v) is 17.7. The second kappa shape index (κ2) is 7.63. The third kappa shape index (κ3) is 3.45. The van der Waals surface area contributed by atoms with Gasteiger partial charge in [-0.05, 0) is 31.6 Å². The molecule has 0 saturated carbocycles. The largest absolute Gasteiger partial charge is 0.395 e. The van der Waals surface area contributed by atoms with Crippen LogP contribution in [0.25, 0.3) is 0 Å². The summed E-state index contributed by atoms with van der Waals surface area (Å²) in [6, 6.07) is 12.0. The van der Waals surface area contributed by atoms with E-state index in [9.17, 15) is 18.6 Å². The molecule has 30 heavy (non-hydrogen) atoms. The number of rotatable bonds is 4. The summed E-state index contributed by atoms with van der Waals surface area (Å²) in [5.41, 5.74) is 3.10. The fourth-order valence-electron chi connectivity index (χ4n) is 4.02. The second-order valence-electron chi connectivity index (χ2n) is 7.50. The Balaban J connectivity index is 1.90. The van der Waals surface area contributed by atoms with Crippen molar-refractivity contribution in [3.05, 3.63) is 76.5 Å². The summed E-state index contributed by atoms with van der Waals surface area (Å²) in [5, 5.41) is 20.8. The van der Waals surface area contributed by atoms with E-state index < -0.39 is 15.8 Å². The molecular weight excluding hydrogens is 404 g/mol. The van der Waals surface area contributed by atoms with E-state index in [0.717, 1.165) is 5.56 Å². The van der Waals surface area contributed by atoms with E-state index in [0.29, 0.717) is 28.9 Å². The Bertz CT molecular complexity index is 1150. The maximum absolute atomic E-state index is 13.1. The van der Waals surface area contributed by atoms with Crippen LogP contribution in [0.1, 0.15) is 22.3 Å². The summed E-state index contributed by atoms with van der Waals surface area (Å²) in [6.45, 7) is 4.56. The number of benzene rings is 2. The van der Waals surface area contributed by atoms with Gasteiger partial charge in [-0.2, -0.15) is 12.8 Å². The first kappa shape index (κ1) is 20.7. The molecule has 2 aliphatic rings. The number of nitrogens with zero attached hydrogens (tertiary/aromatic N) is 2. The highest BCUT2D eigenvalue weighted by Crippen LogP contribution is 2.41. The van der Waals surface area contributed by atoms with Crippen LogP contribution in [-0.2, 0) is 20.5 Å². The maximum atomic E-state index is 13.1. The Morgan fingerprint density at radius 1 is 1.20 bits per heavy atom. The number of allylic oxidation sites excluding steroid dienone is 1. The average Bonchev–Trinajstić information content (AvgIpc) is 2.69. The smallest absolute Gasteiger partial charge is 0.283 e. The number of aliphatic hydroxyl groups is 2. The molecule has 2 aromatic carbocycles. The molecule has 1 heterocycles. The van der Waals surface area contributed by atoms with Gasteiger partial charge in [0.25, 0.3) is 10.0 Å². The Morgan fingerprint density at radius 3 is 2.70 bits per heavy atom. The zero-order chi connectivity index (χ0) is 21.5. The van der Waals surface area contributed by atoms with Crippen LogP contribution in [0.3, 0.4) is 0 Å². The van der Waals surface area contributed by atoms with Crippen molar-refractivity contribution >= 4 is 15.7 Å². The molecule has 1 aliphatic heterocycles. The van der Waals surface area contributed by atoms with Gasteiger partial charge in [-0.3, -0.25) is 0 Å². The lowest BCUT2D eigenvalue weighted by molar-refractivity contribution is -0.219. The molecule has 1 unspecified atom stereocenters. The molecule has 0 amide bonds. The lowest BCUT2D eigenvalue weighted by Crippen LogP contribution is -2.50. The zero-order valence-electron chi connectivity index (χ0n) is 16.9. The van der Waals surface area contributed by atoms with Crippen molar-refractivity contribution in [1.82, 2.24) is 4.90 Å². The number of ether oxygens (including phenoxy) is 1. The van der Waals surface area contributed by atoms with Crippen molar-refractivity contribution in [3.63, 3.8) is 0 Å². The van der Waals surface area contributed by atoms with E-state index in [1.165, 1.54) is 6.08 Å². The summed E-state index contributed by atoms with van der Waals surface area (Å²) in [5.74, 6) is -1.72. The van der Waals surface area contributed by atoms with Gasteiger partial charge in [-0.1, -0.05) is 42.0 Å². The van der Waals surface area contributed by atoms with Crippen LogP contribution in [0.4, 0.5) is 0 Å². The van der Waals surface area contributed by atoms with Crippen LogP contribution < -0.4 is 0 Å². The van der Waals surface area contributed by atoms with Gasteiger partial charge in [0.2, 0.25) is 5.79 Å². The number of morpholine rings is 1. The quantitative estimate of drug-likeness (QED) is 0.771. The van der Waals surface area contributed by atoms with Crippen molar-refractivity contribution < 1.29 is 23.4 Å². The van der Waals surface area contributed by atoms with E-state index >= 15 is 0 Å². The molecule has 0 radical (unpaired) electrons. The summed E-state index contributed by atoms with van der Waals surface area (Å²) in [7, 11) is -3.98. The van der Waals surface area contributed by atoms with Crippen LogP contribution in [0.15, 0.2) is 63.5 Å². The second-order valence-corrected chi connectivity index (χ2v) is 9.07. The predicted molar refractivity (Wildman–Crippen MR) is 113 cm³/mol. The van der Waals surface area contributed by atoms with Crippen LogP contribution in [0.5, 0.6) is 0 Å². The summed E-state index contributed by atoms with van der Waals surface area (Å²) in [4.78, 5) is 1.93. The minimum absolute atomic E-state index is 0.109. The van der Waals surface area contributed by atoms with Gasteiger partial charge < -0.3 is 19.8 Å². The molecule has 7 nitrogen and oxygen atoms in total. The van der Waals surface area contributed by atoms with E-state index in [-0.39, 0.29) is 30.4 Å². The van der Waals surface area contributed by atoms with E-state index in [2.05, 4.69) is 4.40 Å². The van der Waals surface area contributed by atoms with Crippen LogP contribution in [-0.4, -0.2) is 55.5 Å². The van der Waals surface area contributed by atoms with E-state index in [1.54, 1.807) is 54.3 Å². The molecule has 0 spiro atoms. The highest BCUT2D eigenvalue weighted by molar-refractivity contribution is 7.90. The lowest BCUT2D eigenvalue weighted by atomic mass is 9.86. The Morgan fingerprint density at radius 2 is 1.97 bits per heavy atom. The normalized spacial score (nSPS) is 22.5. The minimum atomic E-state index is -3.98. The first-order valence-electron chi connectivity index (χ1n) is 9.73. The Labute approximate surface area is 176 Å². The number of β-amino-alcohol motifs (C(OH)–C–C–N with tert-alkyl or cyclic N) is 1. The third-order valence-electron chi connectivity index (χ3n) is 5.40. The van der Waals surface area contributed by atoms with Crippen molar-refractivity contribution in [3.8, 4) is 0 Å². The predicted octanol–water partition coefficient (Wildman–Crippen LogP) is 1.85. The molecule has 2 N–H and O–H groups in total. The number of sulfonamides is 1. The minimum Gasteiger partial charge on any atom is -0.395 e. The van der Waals surface area contributed by atoms with Gasteiger partial charge in [0.05, 0.1) is 29.5 Å². The fourth-order valence-corrected chi connectivity index (χ4v) is 5.24. The van der Waals surface area contributed by atoms with E-state index in [1.807, 2.05) is 6.92 Å². The van der Waals surface area contributed by atoms with Crippen molar-refractivity contribution in [2.75, 3.05) is 26.3 Å².